The lowest BCUT2D eigenvalue weighted by Crippen LogP contribution is -2.06. The van der Waals surface area contributed by atoms with Crippen molar-refractivity contribution in [3.05, 3.63) is 82.3 Å². The molecule has 0 saturated carbocycles. The van der Waals surface area contributed by atoms with Gasteiger partial charge >= 0.3 is 6.18 Å². The lowest BCUT2D eigenvalue weighted by Gasteiger charge is -2.13. The molecule has 1 heterocycles. The number of benzene rings is 3. The van der Waals surface area contributed by atoms with E-state index in [1.54, 1.807) is 0 Å². The van der Waals surface area contributed by atoms with Gasteiger partial charge in [-0.05, 0) is 76.6 Å². The zero-order valence-corrected chi connectivity index (χ0v) is 16.0. The van der Waals surface area contributed by atoms with Crippen LogP contribution in [-0.4, -0.2) is 9.97 Å². The van der Waals surface area contributed by atoms with Crippen LogP contribution in [-0.2, 0) is 6.18 Å². The SMILES string of the molecule is Fc1ccc(-c2nc3cc(C(F)(F)F)cc(Br)c3nc2-c2ccc(F)cc2)cc1. The van der Waals surface area contributed by atoms with Crippen LogP contribution in [0.4, 0.5) is 22.0 Å². The van der Waals surface area contributed by atoms with Crippen molar-refractivity contribution >= 4 is 27.0 Å². The van der Waals surface area contributed by atoms with E-state index in [0.717, 1.165) is 12.1 Å². The van der Waals surface area contributed by atoms with Gasteiger partial charge in [-0.25, -0.2) is 18.7 Å². The summed E-state index contributed by atoms with van der Waals surface area (Å²) in [6.45, 7) is 0. The zero-order valence-electron chi connectivity index (χ0n) is 14.4. The Morgan fingerprint density at radius 2 is 1.17 bits per heavy atom. The van der Waals surface area contributed by atoms with Crippen LogP contribution in [0.1, 0.15) is 5.56 Å². The molecular formula is C21H10BrF5N2. The van der Waals surface area contributed by atoms with E-state index < -0.39 is 23.4 Å². The largest absolute Gasteiger partial charge is 0.416 e. The summed E-state index contributed by atoms with van der Waals surface area (Å²) in [5, 5.41) is 0. The highest BCUT2D eigenvalue weighted by atomic mass is 79.9. The Bertz CT molecular complexity index is 1200. The first-order chi connectivity index (χ1) is 13.7. The minimum atomic E-state index is -4.55. The second-order valence-corrected chi connectivity index (χ2v) is 7.11. The minimum absolute atomic E-state index is 0.0249. The van der Waals surface area contributed by atoms with Crippen molar-refractivity contribution in [1.29, 1.82) is 0 Å². The van der Waals surface area contributed by atoms with E-state index in [1.165, 1.54) is 48.5 Å². The van der Waals surface area contributed by atoms with Gasteiger partial charge in [0.25, 0.3) is 0 Å². The monoisotopic (exact) mass is 464 g/mol. The number of halogens is 6. The second-order valence-electron chi connectivity index (χ2n) is 6.26. The summed E-state index contributed by atoms with van der Waals surface area (Å²) in [5.74, 6) is -0.908. The summed E-state index contributed by atoms with van der Waals surface area (Å²) in [6.07, 6.45) is -4.55. The third-order valence-electron chi connectivity index (χ3n) is 4.29. The number of hydrogen-bond donors (Lipinski definition) is 0. The first-order valence-electron chi connectivity index (χ1n) is 8.33. The van der Waals surface area contributed by atoms with Crippen molar-refractivity contribution in [3.8, 4) is 22.5 Å². The summed E-state index contributed by atoms with van der Waals surface area (Å²) < 4.78 is 66.4. The second kappa shape index (κ2) is 7.18. The van der Waals surface area contributed by atoms with Crippen molar-refractivity contribution in [2.24, 2.45) is 0 Å². The fourth-order valence-electron chi connectivity index (χ4n) is 2.90. The Labute approximate surface area is 170 Å². The van der Waals surface area contributed by atoms with Crippen molar-refractivity contribution in [3.63, 3.8) is 0 Å². The molecule has 0 unspecified atom stereocenters. The summed E-state index contributed by atoms with van der Waals surface area (Å²) in [6, 6.07) is 12.7. The highest BCUT2D eigenvalue weighted by Crippen LogP contribution is 2.37. The smallest absolute Gasteiger partial charge is 0.244 e. The van der Waals surface area contributed by atoms with Gasteiger partial charge in [-0.15, -0.1) is 0 Å². The van der Waals surface area contributed by atoms with Crippen LogP contribution in [0.15, 0.2) is 65.1 Å². The summed E-state index contributed by atoms with van der Waals surface area (Å²) >= 11 is 3.14. The maximum absolute atomic E-state index is 13.4. The van der Waals surface area contributed by atoms with Gasteiger partial charge in [0, 0.05) is 15.6 Å². The third-order valence-corrected chi connectivity index (χ3v) is 4.89. The van der Waals surface area contributed by atoms with Gasteiger partial charge in [-0.3, -0.25) is 0 Å². The van der Waals surface area contributed by atoms with Crippen LogP contribution in [0.3, 0.4) is 0 Å². The standard InChI is InChI=1S/C21H10BrF5N2/c22-16-9-13(21(25,26)27)10-17-20(16)29-19(12-3-7-15(24)8-4-12)18(28-17)11-1-5-14(23)6-2-11/h1-10H. The van der Waals surface area contributed by atoms with E-state index in [9.17, 15) is 22.0 Å². The molecule has 29 heavy (non-hydrogen) atoms. The molecule has 0 atom stereocenters. The predicted molar refractivity (Wildman–Crippen MR) is 103 cm³/mol. The van der Waals surface area contributed by atoms with Gasteiger partial charge in [0.15, 0.2) is 0 Å². The fourth-order valence-corrected chi connectivity index (χ4v) is 3.44. The van der Waals surface area contributed by atoms with E-state index >= 15 is 0 Å². The van der Waals surface area contributed by atoms with Crippen molar-refractivity contribution in [2.45, 2.75) is 6.18 Å². The zero-order chi connectivity index (χ0) is 20.8. The first kappa shape index (κ1) is 19.4. The van der Waals surface area contributed by atoms with E-state index in [2.05, 4.69) is 25.9 Å². The van der Waals surface area contributed by atoms with Crippen molar-refractivity contribution < 1.29 is 22.0 Å². The molecular weight excluding hydrogens is 455 g/mol. The van der Waals surface area contributed by atoms with E-state index in [-0.39, 0.29) is 21.2 Å². The molecule has 2 nitrogen and oxygen atoms in total. The topological polar surface area (TPSA) is 25.8 Å². The number of alkyl halides is 3. The number of rotatable bonds is 2. The highest BCUT2D eigenvalue weighted by Gasteiger charge is 2.32. The molecule has 146 valence electrons. The third kappa shape index (κ3) is 3.85. The molecule has 0 fully saturated rings. The van der Waals surface area contributed by atoms with Crippen LogP contribution in [0.25, 0.3) is 33.5 Å². The number of hydrogen-bond acceptors (Lipinski definition) is 2. The molecule has 1 aromatic heterocycles. The Hall–Kier alpha value is -2.87. The number of nitrogens with zero attached hydrogens (tertiary/aromatic N) is 2. The number of fused-ring (bicyclic) bond motifs is 1. The predicted octanol–water partition coefficient (Wildman–Crippen LogP) is 7.02. The molecule has 0 radical (unpaired) electrons. The molecule has 0 saturated heterocycles. The molecule has 0 aliphatic heterocycles. The Morgan fingerprint density at radius 1 is 0.690 bits per heavy atom. The molecule has 8 heteroatoms. The fraction of sp³-hybridized carbons (Fsp3) is 0.0476. The van der Waals surface area contributed by atoms with E-state index in [0.29, 0.717) is 16.8 Å². The van der Waals surface area contributed by atoms with Crippen LogP contribution >= 0.6 is 15.9 Å². The van der Waals surface area contributed by atoms with Gasteiger partial charge in [0.2, 0.25) is 0 Å². The number of aromatic nitrogens is 2. The maximum atomic E-state index is 13.4. The lowest BCUT2D eigenvalue weighted by molar-refractivity contribution is -0.137. The van der Waals surface area contributed by atoms with Gasteiger partial charge in [0.1, 0.15) is 17.2 Å². The molecule has 3 aromatic carbocycles. The lowest BCUT2D eigenvalue weighted by atomic mass is 10.0. The maximum Gasteiger partial charge on any atom is 0.416 e. The Morgan fingerprint density at radius 3 is 1.66 bits per heavy atom. The van der Waals surface area contributed by atoms with Crippen LogP contribution in [0.2, 0.25) is 0 Å². The highest BCUT2D eigenvalue weighted by molar-refractivity contribution is 9.10. The average molecular weight is 465 g/mol. The quantitative estimate of drug-likeness (QED) is 0.298. The Kier molecular flexibility index (Phi) is 4.82. The van der Waals surface area contributed by atoms with Crippen molar-refractivity contribution in [1.82, 2.24) is 9.97 Å². The Balaban J connectivity index is 2.03. The summed E-state index contributed by atoms with van der Waals surface area (Å²) in [5.41, 5.74) is 0.964. The van der Waals surface area contributed by atoms with Crippen LogP contribution in [0, 0.1) is 11.6 Å². The average Bonchev–Trinajstić information content (AvgIpc) is 2.68. The summed E-state index contributed by atoms with van der Waals surface area (Å²) in [7, 11) is 0. The molecule has 4 aromatic rings. The minimum Gasteiger partial charge on any atom is -0.244 e. The molecule has 0 aliphatic carbocycles. The van der Waals surface area contributed by atoms with Gasteiger partial charge in [-0.1, -0.05) is 0 Å². The van der Waals surface area contributed by atoms with Crippen molar-refractivity contribution in [2.75, 3.05) is 0 Å². The van der Waals surface area contributed by atoms with Gasteiger partial charge in [0.05, 0.1) is 22.5 Å². The van der Waals surface area contributed by atoms with Crippen LogP contribution < -0.4 is 0 Å². The first-order valence-corrected chi connectivity index (χ1v) is 9.12. The molecule has 0 spiro atoms. The van der Waals surface area contributed by atoms with Crippen LogP contribution in [0.5, 0.6) is 0 Å². The molecule has 4 rings (SSSR count). The molecule has 0 aliphatic rings. The van der Waals surface area contributed by atoms with E-state index in [4.69, 9.17) is 0 Å². The molecule has 0 bridgehead atoms. The summed E-state index contributed by atoms with van der Waals surface area (Å²) in [4.78, 5) is 8.90. The van der Waals surface area contributed by atoms with E-state index in [1.807, 2.05) is 0 Å². The van der Waals surface area contributed by atoms with Gasteiger partial charge < -0.3 is 0 Å². The molecule has 0 amide bonds. The molecule has 0 N–H and O–H groups in total. The normalized spacial score (nSPS) is 11.8. The van der Waals surface area contributed by atoms with Gasteiger partial charge in [-0.2, -0.15) is 13.2 Å².